The smallest absolute Gasteiger partial charge is 0.335 e. The van der Waals surface area contributed by atoms with Gasteiger partial charge < -0.3 is 14.6 Å². The fraction of sp³-hybridized carbons (Fsp3) is 0.0435. The van der Waals surface area contributed by atoms with E-state index in [4.69, 9.17) is 27.6 Å². The molecule has 0 unspecified atom stereocenters. The van der Waals surface area contributed by atoms with Crippen molar-refractivity contribution in [2.75, 3.05) is 0 Å². The number of halogens is 2. The number of benzene rings is 2. The van der Waals surface area contributed by atoms with Gasteiger partial charge >= 0.3 is 11.9 Å². The summed E-state index contributed by atoms with van der Waals surface area (Å²) in [5.74, 6) is -2.68. The van der Waals surface area contributed by atoms with Crippen molar-refractivity contribution in [1.29, 1.82) is 0 Å². The highest BCUT2D eigenvalue weighted by Gasteiger charge is 2.35. The standard InChI is InChI=1S/C23H13Cl2NO7S/c24-15-2-1-11(17(25)8-15)10-26-20(27)19(34-23(26)32)9-16-3-4-18(33-16)12-5-13(21(28)29)7-14(6-12)22(30)31/h1-9H,10H2,(H,28,29)(H,30,31)/b19-9-. The monoisotopic (exact) mass is 517 g/mol. The quantitative estimate of drug-likeness (QED) is 0.387. The van der Waals surface area contributed by atoms with Gasteiger partial charge in [0, 0.05) is 21.7 Å². The Balaban J connectivity index is 1.59. The first-order valence-electron chi connectivity index (χ1n) is 9.53. The lowest BCUT2D eigenvalue weighted by molar-refractivity contribution is -0.123. The Morgan fingerprint density at radius 1 is 0.971 bits per heavy atom. The third-order valence-corrected chi connectivity index (χ3v) is 6.32. The molecular weight excluding hydrogens is 505 g/mol. The Kier molecular flexibility index (Phi) is 6.52. The largest absolute Gasteiger partial charge is 0.478 e. The third kappa shape index (κ3) is 4.86. The van der Waals surface area contributed by atoms with Gasteiger partial charge in [-0.25, -0.2) is 9.59 Å². The highest BCUT2D eigenvalue weighted by Crippen LogP contribution is 2.35. The molecule has 0 bridgehead atoms. The molecule has 0 aliphatic carbocycles. The molecule has 2 heterocycles. The summed E-state index contributed by atoms with van der Waals surface area (Å²) in [5.41, 5.74) is 0.370. The fourth-order valence-electron chi connectivity index (χ4n) is 3.19. The molecule has 0 spiro atoms. The maximum absolute atomic E-state index is 12.8. The Hall–Kier alpha value is -3.53. The number of nitrogens with zero attached hydrogens (tertiary/aromatic N) is 1. The number of thioether (sulfide) groups is 1. The molecule has 1 aromatic heterocycles. The van der Waals surface area contributed by atoms with Gasteiger partial charge in [-0.3, -0.25) is 14.5 Å². The summed E-state index contributed by atoms with van der Waals surface area (Å²) in [6.07, 6.45) is 1.39. The maximum atomic E-state index is 12.8. The minimum Gasteiger partial charge on any atom is -0.478 e. The van der Waals surface area contributed by atoms with E-state index in [1.807, 2.05) is 0 Å². The summed E-state index contributed by atoms with van der Waals surface area (Å²) < 4.78 is 5.68. The minimum absolute atomic E-state index is 0.0264. The fourth-order valence-corrected chi connectivity index (χ4v) is 4.47. The highest BCUT2D eigenvalue weighted by atomic mass is 35.5. The van der Waals surface area contributed by atoms with E-state index in [9.17, 15) is 29.4 Å². The normalized spacial score (nSPS) is 14.8. The number of hydrogen-bond acceptors (Lipinski definition) is 6. The number of hydrogen-bond donors (Lipinski definition) is 2. The molecule has 0 radical (unpaired) electrons. The minimum atomic E-state index is -1.29. The molecule has 4 rings (SSSR count). The number of imide groups is 1. The predicted octanol–water partition coefficient (Wildman–Crippen LogP) is 5.89. The van der Waals surface area contributed by atoms with Gasteiger partial charge in [0.05, 0.1) is 22.6 Å². The number of carboxylic acid groups (broad SMARTS) is 2. The van der Waals surface area contributed by atoms with Crippen molar-refractivity contribution in [2.45, 2.75) is 6.54 Å². The molecule has 1 saturated heterocycles. The van der Waals surface area contributed by atoms with Crippen LogP contribution in [0.2, 0.25) is 10.0 Å². The summed E-state index contributed by atoms with van der Waals surface area (Å²) in [6, 6.07) is 11.4. The van der Waals surface area contributed by atoms with Crippen molar-refractivity contribution < 1.29 is 33.8 Å². The summed E-state index contributed by atoms with van der Waals surface area (Å²) in [6.45, 7) is -0.0264. The van der Waals surface area contributed by atoms with E-state index < -0.39 is 23.1 Å². The molecule has 1 aliphatic heterocycles. The number of carboxylic acids is 2. The van der Waals surface area contributed by atoms with Crippen LogP contribution in [0, 0.1) is 0 Å². The number of amides is 2. The Labute approximate surface area is 206 Å². The average molecular weight is 518 g/mol. The molecule has 34 heavy (non-hydrogen) atoms. The first-order valence-corrected chi connectivity index (χ1v) is 11.1. The van der Waals surface area contributed by atoms with Crippen LogP contribution < -0.4 is 0 Å². The van der Waals surface area contributed by atoms with Crippen LogP contribution in [0.5, 0.6) is 0 Å². The molecule has 11 heteroatoms. The van der Waals surface area contributed by atoms with Crippen LogP contribution in [0.3, 0.4) is 0 Å². The van der Waals surface area contributed by atoms with Gasteiger partial charge in [-0.1, -0.05) is 29.3 Å². The first-order chi connectivity index (χ1) is 16.1. The molecule has 2 aromatic carbocycles. The van der Waals surface area contributed by atoms with E-state index >= 15 is 0 Å². The van der Waals surface area contributed by atoms with Crippen LogP contribution >= 0.6 is 35.0 Å². The van der Waals surface area contributed by atoms with Gasteiger partial charge in [0.25, 0.3) is 11.1 Å². The SMILES string of the molecule is O=C(O)c1cc(C(=O)O)cc(-c2ccc(/C=C3\SC(=O)N(Cc4ccc(Cl)cc4Cl)C3=O)o2)c1. The molecule has 1 fully saturated rings. The van der Waals surface area contributed by atoms with Crippen LogP contribution in [-0.2, 0) is 11.3 Å². The molecule has 1 aliphatic rings. The number of aromatic carboxylic acids is 2. The van der Waals surface area contributed by atoms with Crippen molar-refractivity contribution in [1.82, 2.24) is 4.90 Å². The van der Waals surface area contributed by atoms with Gasteiger partial charge in [0.1, 0.15) is 11.5 Å². The topological polar surface area (TPSA) is 125 Å². The van der Waals surface area contributed by atoms with Crippen molar-refractivity contribution in [3.8, 4) is 11.3 Å². The van der Waals surface area contributed by atoms with E-state index in [0.717, 1.165) is 22.7 Å². The van der Waals surface area contributed by atoms with Gasteiger partial charge in [0.2, 0.25) is 0 Å². The van der Waals surface area contributed by atoms with Crippen molar-refractivity contribution in [2.24, 2.45) is 0 Å². The van der Waals surface area contributed by atoms with E-state index in [1.54, 1.807) is 12.1 Å². The molecule has 0 saturated carbocycles. The van der Waals surface area contributed by atoms with Gasteiger partial charge in [-0.15, -0.1) is 0 Å². The zero-order valence-electron chi connectivity index (χ0n) is 17.0. The summed E-state index contributed by atoms with van der Waals surface area (Å²) in [7, 11) is 0. The first kappa shape index (κ1) is 23.6. The molecule has 2 amide bonds. The van der Waals surface area contributed by atoms with E-state index in [-0.39, 0.29) is 39.7 Å². The van der Waals surface area contributed by atoms with Crippen LogP contribution in [0.25, 0.3) is 17.4 Å². The average Bonchev–Trinajstić information content (AvgIpc) is 3.35. The number of furan rings is 1. The summed E-state index contributed by atoms with van der Waals surface area (Å²) >= 11 is 12.8. The maximum Gasteiger partial charge on any atom is 0.335 e. The molecule has 2 N–H and O–H groups in total. The Morgan fingerprint density at radius 2 is 1.65 bits per heavy atom. The van der Waals surface area contributed by atoms with E-state index in [1.165, 1.54) is 36.4 Å². The number of carbonyl (C=O) groups excluding carboxylic acids is 2. The van der Waals surface area contributed by atoms with Gasteiger partial charge in [0.15, 0.2) is 0 Å². The zero-order valence-corrected chi connectivity index (χ0v) is 19.3. The lowest BCUT2D eigenvalue weighted by Crippen LogP contribution is -2.27. The lowest BCUT2D eigenvalue weighted by atomic mass is 10.0. The molecule has 0 atom stereocenters. The third-order valence-electron chi connectivity index (χ3n) is 4.83. The van der Waals surface area contributed by atoms with Crippen LogP contribution in [0.4, 0.5) is 4.79 Å². The second-order valence-corrected chi connectivity index (χ2v) is 8.95. The lowest BCUT2D eigenvalue weighted by Gasteiger charge is -2.13. The van der Waals surface area contributed by atoms with Gasteiger partial charge in [-0.05, 0) is 59.8 Å². The molecular formula is C23H13Cl2NO7S. The summed E-state index contributed by atoms with van der Waals surface area (Å²) in [5, 5.41) is 18.8. The van der Waals surface area contributed by atoms with E-state index in [0.29, 0.717) is 15.6 Å². The zero-order chi connectivity index (χ0) is 24.6. The molecule has 172 valence electrons. The Bertz CT molecular complexity index is 1360. The summed E-state index contributed by atoms with van der Waals surface area (Å²) in [4.78, 5) is 49.1. The van der Waals surface area contributed by atoms with E-state index in [2.05, 4.69) is 0 Å². The van der Waals surface area contributed by atoms with Crippen molar-refractivity contribution in [3.63, 3.8) is 0 Å². The van der Waals surface area contributed by atoms with Gasteiger partial charge in [-0.2, -0.15) is 0 Å². The molecule has 3 aromatic rings. The predicted molar refractivity (Wildman–Crippen MR) is 126 cm³/mol. The van der Waals surface area contributed by atoms with Crippen LogP contribution in [-0.4, -0.2) is 38.2 Å². The number of carbonyl (C=O) groups is 4. The molecule has 8 nitrogen and oxygen atoms in total. The Morgan fingerprint density at radius 3 is 2.26 bits per heavy atom. The second kappa shape index (κ2) is 9.38. The number of rotatable bonds is 6. The highest BCUT2D eigenvalue weighted by molar-refractivity contribution is 8.18. The van der Waals surface area contributed by atoms with Crippen LogP contribution in [0.15, 0.2) is 57.9 Å². The van der Waals surface area contributed by atoms with Crippen molar-refractivity contribution >= 4 is 64.1 Å². The van der Waals surface area contributed by atoms with Crippen molar-refractivity contribution in [3.05, 3.63) is 85.9 Å². The second-order valence-electron chi connectivity index (χ2n) is 7.11. The van der Waals surface area contributed by atoms with Crippen LogP contribution in [0.1, 0.15) is 32.0 Å².